The monoisotopic (exact) mass is 358 g/mol. The van der Waals surface area contributed by atoms with Crippen molar-refractivity contribution < 1.29 is 33.1 Å². The van der Waals surface area contributed by atoms with Gasteiger partial charge >= 0.3 is 21.2 Å². The summed E-state index contributed by atoms with van der Waals surface area (Å²) < 4.78 is 15.9. The van der Waals surface area contributed by atoms with Crippen molar-refractivity contribution in [1.29, 1.82) is 0 Å². The summed E-state index contributed by atoms with van der Waals surface area (Å²) in [5, 5.41) is 9.26. The lowest BCUT2D eigenvalue weighted by Crippen LogP contribution is -2.37. The maximum atomic E-state index is 12.4. The molecule has 0 radical (unpaired) electrons. The van der Waals surface area contributed by atoms with Crippen LogP contribution in [0.3, 0.4) is 0 Å². The molecule has 0 heterocycles. The molecular weight excluding hydrogens is 332 g/mol. The maximum Gasteiger partial charge on any atom is 0.385 e. The van der Waals surface area contributed by atoms with Crippen molar-refractivity contribution in [3.63, 3.8) is 0 Å². The number of carboxylic acid groups (broad SMARTS) is 1. The van der Waals surface area contributed by atoms with Gasteiger partial charge in [0.1, 0.15) is 0 Å². The van der Waals surface area contributed by atoms with Gasteiger partial charge in [-0.15, -0.1) is 0 Å². The highest BCUT2D eigenvalue weighted by atomic mass is 28.3. The van der Waals surface area contributed by atoms with E-state index in [0.717, 1.165) is 18.9 Å². The third-order valence-corrected chi connectivity index (χ3v) is 6.06. The molecule has 136 valence electrons. The van der Waals surface area contributed by atoms with Crippen LogP contribution in [0.2, 0.25) is 6.04 Å². The molecule has 3 unspecified atom stereocenters. The van der Waals surface area contributed by atoms with Gasteiger partial charge in [-0.3, -0.25) is 9.59 Å². The molecule has 24 heavy (non-hydrogen) atoms. The van der Waals surface area contributed by atoms with Gasteiger partial charge in [0.15, 0.2) is 0 Å². The van der Waals surface area contributed by atoms with E-state index >= 15 is 0 Å². The van der Waals surface area contributed by atoms with Crippen LogP contribution in [0.4, 0.5) is 0 Å². The highest BCUT2D eigenvalue weighted by Crippen LogP contribution is 2.31. The van der Waals surface area contributed by atoms with E-state index in [1.807, 2.05) is 6.92 Å². The smallest absolute Gasteiger partial charge is 0.385 e. The Morgan fingerprint density at radius 3 is 2.50 bits per heavy atom. The van der Waals surface area contributed by atoms with Crippen molar-refractivity contribution in [3.8, 4) is 0 Å². The molecule has 0 aromatic rings. The van der Waals surface area contributed by atoms with Crippen LogP contribution >= 0.6 is 0 Å². The summed E-state index contributed by atoms with van der Waals surface area (Å²) in [5.41, 5.74) is 0. The molecule has 0 aromatic carbocycles. The Labute approximate surface area is 143 Å². The summed E-state index contributed by atoms with van der Waals surface area (Å²) in [6.45, 7) is 5.75. The standard InChI is InChI=1S/C16H26O7Si/c1-3-14(17)21-10-7-11-24(22-4-2)23-16(20)13-9-6-5-8-12(13)15(18)19/h3,12-13,24H,1,4-11H2,2H3,(H,18,19). The topological polar surface area (TPSA) is 99.1 Å². The van der Waals surface area contributed by atoms with E-state index in [4.69, 9.17) is 13.6 Å². The van der Waals surface area contributed by atoms with Gasteiger partial charge in [-0.25, -0.2) is 4.79 Å². The van der Waals surface area contributed by atoms with Crippen molar-refractivity contribution in [2.45, 2.75) is 45.1 Å². The van der Waals surface area contributed by atoms with Gasteiger partial charge in [0.2, 0.25) is 0 Å². The fraction of sp³-hybridized carbons (Fsp3) is 0.688. The second-order valence-electron chi connectivity index (χ2n) is 5.67. The average Bonchev–Trinajstić information content (AvgIpc) is 2.58. The number of ether oxygens (including phenoxy) is 1. The zero-order valence-corrected chi connectivity index (χ0v) is 15.2. The highest BCUT2D eigenvalue weighted by Gasteiger charge is 2.37. The van der Waals surface area contributed by atoms with Crippen molar-refractivity contribution in [3.05, 3.63) is 12.7 Å². The highest BCUT2D eigenvalue weighted by molar-refractivity contribution is 6.46. The Balaban J connectivity index is 2.50. The van der Waals surface area contributed by atoms with Crippen LogP contribution in [-0.2, 0) is 28.0 Å². The second-order valence-corrected chi connectivity index (χ2v) is 7.68. The van der Waals surface area contributed by atoms with Gasteiger partial charge in [0, 0.05) is 18.7 Å². The van der Waals surface area contributed by atoms with E-state index in [0.29, 0.717) is 31.9 Å². The molecule has 0 saturated heterocycles. The van der Waals surface area contributed by atoms with Crippen LogP contribution in [0.25, 0.3) is 0 Å². The molecule has 1 aliphatic carbocycles. The van der Waals surface area contributed by atoms with Crippen LogP contribution < -0.4 is 0 Å². The van der Waals surface area contributed by atoms with Crippen LogP contribution in [0.5, 0.6) is 0 Å². The molecule has 0 aromatic heterocycles. The minimum atomic E-state index is -2.25. The van der Waals surface area contributed by atoms with Crippen molar-refractivity contribution in [2.24, 2.45) is 11.8 Å². The lowest BCUT2D eigenvalue weighted by atomic mass is 9.79. The first-order chi connectivity index (χ1) is 11.5. The molecule has 3 atom stereocenters. The molecule has 0 spiro atoms. The first-order valence-corrected chi connectivity index (χ1v) is 10.1. The van der Waals surface area contributed by atoms with Gasteiger partial charge in [0.25, 0.3) is 5.97 Å². The first-order valence-electron chi connectivity index (χ1n) is 8.33. The Bertz CT molecular complexity index is 452. The predicted octanol–water partition coefficient (Wildman–Crippen LogP) is 1.80. The van der Waals surface area contributed by atoms with E-state index in [9.17, 15) is 19.5 Å². The summed E-state index contributed by atoms with van der Waals surface area (Å²) in [5.74, 6) is -3.16. The summed E-state index contributed by atoms with van der Waals surface area (Å²) in [7, 11) is -2.25. The van der Waals surface area contributed by atoms with Gasteiger partial charge in [-0.05, 0) is 26.2 Å². The van der Waals surface area contributed by atoms with Crippen LogP contribution in [0, 0.1) is 11.8 Å². The zero-order valence-electron chi connectivity index (χ0n) is 14.1. The third kappa shape index (κ3) is 6.84. The Morgan fingerprint density at radius 1 is 1.25 bits per heavy atom. The molecule has 0 aliphatic heterocycles. The molecule has 0 amide bonds. The Hall–Kier alpha value is -1.67. The van der Waals surface area contributed by atoms with Crippen molar-refractivity contribution >= 4 is 27.2 Å². The van der Waals surface area contributed by atoms with E-state index in [-0.39, 0.29) is 6.61 Å². The molecule has 1 N–H and O–H groups in total. The van der Waals surface area contributed by atoms with E-state index in [1.54, 1.807) is 0 Å². The van der Waals surface area contributed by atoms with Gasteiger partial charge in [-0.2, -0.15) is 0 Å². The Kier molecular flexibility index (Phi) is 9.32. The number of carboxylic acids is 1. The van der Waals surface area contributed by atoms with E-state index in [1.165, 1.54) is 0 Å². The quantitative estimate of drug-likeness (QED) is 0.275. The molecule has 1 saturated carbocycles. The van der Waals surface area contributed by atoms with Crippen molar-refractivity contribution in [2.75, 3.05) is 13.2 Å². The number of rotatable bonds is 10. The van der Waals surface area contributed by atoms with Crippen LogP contribution in [0.15, 0.2) is 12.7 Å². The summed E-state index contributed by atoms with van der Waals surface area (Å²) in [4.78, 5) is 34.6. The second kappa shape index (κ2) is 11.0. The lowest BCUT2D eigenvalue weighted by Gasteiger charge is -2.28. The lowest BCUT2D eigenvalue weighted by molar-refractivity contribution is -0.155. The fourth-order valence-corrected chi connectivity index (χ4v) is 4.43. The molecule has 8 heteroatoms. The molecular formula is C16H26O7Si. The van der Waals surface area contributed by atoms with Crippen LogP contribution in [-0.4, -0.2) is 45.5 Å². The zero-order chi connectivity index (χ0) is 17.9. The maximum absolute atomic E-state index is 12.4. The first kappa shape index (κ1) is 20.4. The normalized spacial score (nSPS) is 21.5. The predicted molar refractivity (Wildman–Crippen MR) is 88.5 cm³/mol. The van der Waals surface area contributed by atoms with E-state index < -0.39 is 39.0 Å². The van der Waals surface area contributed by atoms with Crippen molar-refractivity contribution in [1.82, 2.24) is 0 Å². The Morgan fingerprint density at radius 2 is 1.92 bits per heavy atom. The largest absolute Gasteiger partial charge is 0.496 e. The van der Waals surface area contributed by atoms with Crippen LogP contribution in [0.1, 0.15) is 39.0 Å². The minimum absolute atomic E-state index is 0.208. The number of hydrogen-bond donors (Lipinski definition) is 1. The molecule has 0 bridgehead atoms. The molecule has 7 nitrogen and oxygen atoms in total. The number of aliphatic carboxylic acids is 1. The minimum Gasteiger partial charge on any atom is -0.496 e. The number of carbonyl (C=O) groups excluding carboxylic acids is 2. The van der Waals surface area contributed by atoms with Gasteiger partial charge < -0.3 is 18.7 Å². The SMILES string of the molecule is C=CC(=O)OCCC[SiH](OCC)OC(=O)C1CCCCC1C(=O)O. The number of hydrogen-bond acceptors (Lipinski definition) is 6. The summed E-state index contributed by atoms with van der Waals surface area (Å²) >= 11 is 0. The van der Waals surface area contributed by atoms with Gasteiger partial charge in [-0.1, -0.05) is 19.4 Å². The molecule has 1 aliphatic rings. The summed E-state index contributed by atoms with van der Waals surface area (Å²) in [6, 6.07) is 0.508. The summed E-state index contributed by atoms with van der Waals surface area (Å²) in [6.07, 6.45) is 4.32. The number of carbonyl (C=O) groups is 3. The average molecular weight is 358 g/mol. The van der Waals surface area contributed by atoms with Gasteiger partial charge in [0.05, 0.1) is 18.4 Å². The number of esters is 1. The molecule has 1 rings (SSSR count). The van der Waals surface area contributed by atoms with E-state index in [2.05, 4.69) is 6.58 Å². The third-order valence-electron chi connectivity index (χ3n) is 3.98. The molecule has 1 fully saturated rings. The fourth-order valence-electron chi connectivity index (χ4n) is 2.77.